The lowest BCUT2D eigenvalue weighted by Crippen LogP contribution is -2.37. The van der Waals surface area contributed by atoms with Crippen molar-refractivity contribution in [3.05, 3.63) is 23.8 Å². The molecule has 110 valence electrons. The maximum absolute atomic E-state index is 11.0. The van der Waals surface area contributed by atoms with E-state index in [1.54, 1.807) is 25.1 Å². The topological polar surface area (TPSA) is 87.7 Å². The van der Waals surface area contributed by atoms with Crippen LogP contribution in [0, 0.1) is 6.92 Å². The zero-order valence-corrected chi connectivity index (χ0v) is 11.9. The number of phenolic OH excluding ortho intramolecular Hbond substituents is 1. The molecule has 1 aromatic rings. The highest BCUT2D eigenvalue weighted by Gasteiger charge is 2.12. The second-order valence-corrected chi connectivity index (χ2v) is 4.55. The predicted octanol–water partition coefficient (Wildman–Crippen LogP) is 1.18. The zero-order valence-electron chi connectivity index (χ0n) is 11.9. The fourth-order valence-corrected chi connectivity index (χ4v) is 1.64. The summed E-state index contributed by atoms with van der Waals surface area (Å²) in [6, 6.07) is 5.11. The van der Waals surface area contributed by atoms with E-state index in [-0.39, 0.29) is 18.2 Å². The van der Waals surface area contributed by atoms with Crippen molar-refractivity contribution in [2.45, 2.75) is 26.9 Å². The number of ether oxygens (including phenoxy) is 1. The SMILES string of the molecule is CC(=O)NCC(CNc1ccc(O)c(C)c1)OC(C)=O. The van der Waals surface area contributed by atoms with E-state index in [2.05, 4.69) is 10.6 Å². The Morgan fingerprint density at radius 1 is 1.30 bits per heavy atom. The number of phenols is 1. The molecule has 20 heavy (non-hydrogen) atoms. The molecule has 0 heterocycles. The first kappa shape index (κ1) is 15.8. The first-order chi connectivity index (χ1) is 9.38. The van der Waals surface area contributed by atoms with Crippen molar-refractivity contribution in [3.63, 3.8) is 0 Å². The summed E-state index contributed by atoms with van der Waals surface area (Å²) < 4.78 is 5.11. The highest BCUT2D eigenvalue weighted by molar-refractivity contribution is 5.73. The van der Waals surface area contributed by atoms with Crippen molar-refractivity contribution in [2.24, 2.45) is 0 Å². The molecular formula is C14H20N2O4. The summed E-state index contributed by atoms with van der Waals surface area (Å²) in [4.78, 5) is 21.9. The largest absolute Gasteiger partial charge is 0.508 e. The molecule has 0 aliphatic rings. The number of carbonyl (C=O) groups excluding carboxylic acids is 2. The third-order valence-corrected chi connectivity index (χ3v) is 2.64. The molecule has 0 aromatic heterocycles. The Morgan fingerprint density at radius 2 is 2.00 bits per heavy atom. The van der Waals surface area contributed by atoms with Gasteiger partial charge in [-0.1, -0.05) is 0 Å². The maximum Gasteiger partial charge on any atom is 0.303 e. The smallest absolute Gasteiger partial charge is 0.303 e. The van der Waals surface area contributed by atoms with E-state index in [0.717, 1.165) is 11.3 Å². The maximum atomic E-state index is 11.0. The minimum atomic E-state index is -0.453. The standard InChI is InChI=1S/C14H20N2O4/c1-9-6-12(4-5-14(9)19)16-8-13(20-11(3)18)7-15-10(2)17/h4-6,13,16,19H,7-8H2,1-3H3,(H,15,17). The van der Waals surface area contributed by atoms with Gasteiger partial charge in [-0.15, -0.1) is 0 Å². The van der Waals surface area contributed by atoms with Crippen LogP contribution in [0.5, 0.6) is 5.75 Å². The van der Waals surface area contributed by atoms with Crippen molar-refractivity contribution < 1.29 is 19.4 Å². The molecule has 1 aromatic carbocycles. The van der Waals surface area contributed by atoms with Gasteiger partial charge in [0.2, 0.25) is 5.91 Å². The Morgan fingerprint density at radius 3 is 2.55 bits per heavy atom. The van der Waals surface area contributed by atoms with E-state index < -0.39 is 12.1 Å². The number of benzene rings is 1. The van der Waals surface area contributed by atoms with Crippen LogP contribution in [0.2, 0.25) is 0 Å². The third-order valence-electron chi connectivity index (χ3n) is 2.64. The molecule has 0 bridgehead atoms. The summed E-state index contributed by atoms with van der Waals surface area (Å²) in [7, 11) is 0. The first-order valence-electron chi connectivity index (χ1n) is 6.33. The summed E-state index contributed by atoms with van der Waals surface area (Å²) in [6.07, 6.45) is -0.453. The number of rotatable bonds is 6. The molecule has 1 rings (SSSR count). The fraction of sp³-hybridized carbons (Fsp3) is 0.429. The van der Waals surface area contributed by atoms with Gasteiger partial charge in [0.25, 0.3) is 0 Å². The van der Waals surface area contributed by atoms with Gasteiger partial charge in [-0.2, -0.15) is 0 Å². The molecule has 1 amide bonds. The minimum absolute atomic E-state index is 0.178. The van der Waals surface area contributed by atoms with Crippen LogP contribution >= 0.6 is 0 Å². The summed E-state index contributed by atoms with van der Waals surface area (Å²) in [5.74, 6) is -0.350. The van der Waals surface area contributed by atoms with Crippen LogP contribution in [0.1, 0.15) is 19.4 Å². The van der Waals surface area contributed by atoms with Crippen molar-refractivity contribution in [1.82, 2.24) is 5.32 Å². The fourth-order valence-electron chi connectivity index (χ4n) is 1.64. The van der Waals surface area contributed by atoms with E-state index in [1.165, 1.54) is 13.8 Å². The third kappa shape index (κ3) is 5.60. The zero-order chi connectivity index (χ0) is 15.1. The summed E-state index contributed by atoms with van der Waals surface area (Å²) in [5, 5.41) is 15.2. The molecule has 1 unspecified atom stereocenters. The van der Waals surface area contributed by atoms with Gasteiger partial charge in [0.15, 0.2) is 0 Å². The summed E-state index contributed by atoms with van der Waals surface area (Å²) >= 11 is 0. The predicted molar refractivity (Wildman–Crippen MR) is 75.6 cm³/mol. The second-order valence-electron chi connectivity index (χ2n) is 4.55. The number of hydrogen-bond acceptors (Lipinski definition) is 5. The van der Waals surface area contributed by atoms with E-state index in [4.69, 9.17) is 4.74 Å². The number of amides is 1. The number of carbonyl (C=O) groups is 2. The first-order valence-corrected chi connectivity index (χ1v) is 6.33. The monoisotopic (exact) mass is 280 g/mol. The molecule has 0 fully saturated rings. The van der Waals surface area contributed by atoms with Crippen molar-refractivity contribution in [1.29, 1.82) is 0 Å². The van der Waals surface area contributed by atoms with E-state index in [1.807, 2.05) is 0 Å². The highest BCUT2D eigenvalue weighted by atomic mass is 16.5. The van der Waals surface area contributed by atoms with Crippen LogP contribution in [0.3, 0.4) is 0 Å². The van der Waals surface area contributed by atoms with Crippen LogP contribution in [-0.2, 0) is 14.3 Å². The van der Waals surface area contributed by atoms with Crippen LogP contribution < -0.4 is 10.6 Å². The molecule has 6 nitrogen and oxygen atoms in total. The lowest BCUT2D eigenvalue weighted by atomic mass is 10.2. The van der Waals surface area contributed by atoms with Crippen LogP contribution in [-0.4, -0.2) is 36.2 Å². The van der Waals surface area contributed by atoms with Gasteiger partial charge in [0.05, 0.1) is 13.1 Å². The Balaban J connectivity index is 2.57. The highest BCUT2D eigenvalue weighted by Crippen LogP contribution is 2.20. The van der Waals surface area contributed by atoms with Gasteiger partial charge < -0.3 is 20.5 Å². The van der Waals surface area contributed by atoms with Gasteiger partial charge in [0, 0.05) is 19.5 Å². The molecule has 0 aliphatic carbocycles. The second kappa shape index (κ2) is 7.37. The lowest BCUT2D eigenvalue weighted by Gasteiger charge is -2.18. The molecular weight excluding hydrogens is 260 g/mol. The Hall–Kier alpha value is -2.24. The Labute approximate surface area is 118 Å². The minimum Gasteiger partial charge on any atom is -0.508 e. The Bertz CT molecular complexity index is 488. The van der Waals surface area contributed by atoms with Gasteiger partial charge >= 0.3 is 5.97 Å². The molecule has 6 heteroatoms. The van der Waals surface area contributed by atoms with E-state index in [0.29, 0.717) is 6.54 Å². The molecule has 1 atom stereocenters. The lowest BCUT2D eigenvalue weighted by molar-refractivity contribution is -0.146. The van der Waals surface area contributed by atoms with Crippen LogP contribution in [0.4, 0.5) is 5.69 Å². The molecule has 0 spiro atoms. The van der Waals surface area contributed by atoms with Crippen molar-refractivity contribution in [3.8, 4) is 5.75 Å². The summed E-state index contributed by atoms with van der Waals surface area (Å²) in [5.41, 5.74) is 1.56. The number of nitrogens with one attached hydrogen (secondary N) is 2. The quantitative estimate of drug-likeness (QED) is 0.538. The molecule has 0 radical (unpaired) electrons. The van der Waals surface area contributed by atoms with Gasteiger partial charge in [-0.3, -0.25) is 9.59 Å². The average Bonchev–Trinajstić information content (AvgIpc) is 2.36. The molecule has 0 saturated heterocycles. The number of hydrogen-bond donors (Lipinski definition) is 3. The van der Waals surface area contributed by atoms with Gasteiger partial charge in [-0.05, 0) is 30.7 Å². The van der Waals surface area contributed by atoms with Crippen LogP contribution in [0.15, 0.2) is 18.2 Å². The average molecular weight is 280 g/mol. The number of anilines is 1. The molecule has 0 saturated carbocycles. The van der Waals surface area contributed by atoms with E-state index in [9.17, 15) is 14.7 Å². The van der Waals surface area contributed by atoms with Gasteiger partial charge in [0.1, 0.15) is 11.9 Å². The van der Waals surface area contributed by atoms with Crippen molar-refractivity contribution >= 4 is 17.6 Å². The van der Waals surface area contributed by atoms with Gasteiger partial charge in [-0.25, -0.2) is 0 Å². The van der Waals surface area contributed by atoms with Crippen molar-refractivity contribution in [2.75, 3.05) is 18.4 Å². The van der Waals surface area contributed by atoms with E-state index >= 15 is 0 Å². The Kier molecular flexibility index (Phi) is 5.83. The normalized spacial score (nSPS) is 11.6. The molecule has 0 aliphatic heterocycles. The number of aryl methyl sites for hydroxylation is 1. The number of aromatic hydroxyl groups is 1. The van der Waals surface area contributed by atoms with Crippen LogP contribution in [0.25, 0.3) is 0 Å². The summed E-state index contributed by atoms with van der Waals surface area (Å²) in [6.45, 7) is 5.14. The molecule has 3 N–H and O–H groups in total. The number of esters is 1.